The summed E-state index contributed by atoms with van der Waals surface area (Å²) in [4.78, 5) is 13.2. The third-order valence-electron chi connectivity index (χ3n) is 2.65. The molecule has 0 unspecified atom stereocenters. The summed E-state index contributed by atoms with van der Waals surface area (Å²) in [7, 11) is 1.68. The molecule has 1 aromatic carbocycles. The molecular weight excluding hydrogens is 264 g/mol. The predicted molar refractivity (Wildman–Crippen MR) is 74.2 cm³/mol. The van der Waals surface area contributed by atoms with E-state index in [2.05, 4.69) is 0 Å². The van der Waals surface area contributed by atoms with Crippen molar-refractivity contribution in [2.75, 3.05) is 20.2 Å². The second-order valence-electron chi connectivity index (χ2n) is 4.26. The summed E-state index contributed by atoms with van der Waals surface area (Å²) >= 11 is 6.02. The van der Waals surface area contributed by atoms with Crippen molar-refractivity contribution in [3.8, 4) is 11.8 Å². The van der Waals surface area contributed by atoms with Gasteiger partial charge < -0.3 is 9.64 Å². The Morgan fingerprint density at radius 1 is 1.53 bits per heavy atom. The van der Waals surface area contributed by atoms with E-state index in [4.69, 9.17) is 21.6 Å². The largest absolute Gasteiger partial charge is 0.491 e. The van der Waals surface area contributed by atoms with E-state index in [9.17, 15) is 4.79 Å². The van der Waals surface area contributed by atoms with Crippen LogP contribution >= 0.6 is 11.6 Å². The molecule has 1 rings (SSSR count). The second kappa shape index (κ2) is 7.65. The molecule has 0 aliphatic rings. The molecule has 5 heteroatoms. The van der Waals surface area contributed by atoms with E-state index in [1.54, 1.807) is 13.1 Å². The van der Waals surface area contributed by atoms with Gasteiger partial charge in [-0.25, -0.2) is 0 Å². The van der Waals surface area contributed by atoms with Gasteiger partial charge in [0.1, 0.15) is 5.75 Å². The van der Waals surface area contributed by atoms with Gasteiger partial charge in [0.2, 0.25) is 5.91 Å². The molecule has 0 atom stereocenters. The maximum atomic E-state index is 11.7. The Hall–Kier alpha value is -1.73. The van der Waals surface area contributed by atoms with Crippen LogP contribution in [0, 0.1) is 18.3 Å². The summed E-state index contributed by atoms with van der Waals surface area (Å²) in [6, 6.07) is 7.52. The van der Waals surface area contributed by atoms with E-state index < -0.39 is 0 Å². The summed E-state index contributed by atoms with van der Waals surface area (Å²) in [5.41, 5.74) is 1.06. The Morgan fingerprint density at radius 3 is 2.89 bits per heavy atom. The Bertz CT molecular complexity index is 483. The lowest BCUT2D eigenvalue weighted by molar-refractivity contribution is -0.130. The number of carbonyl (C=O) groups excluding carboxylic acids is 1. The van der Waals surface area contributed by atoms with Gasteiger partial charge in [-0.15, -0.1) is 0 Å². The van der Waals surface area contributed by atoms with Crippen molar-refractivity contribution in [1.82, 2.24) is 4.90 Å². The zero-order valence-electron chi connectivity index (χ0n) is 11.1. The van der Waals surface area contributed by atoms with Gasteiger partial charge in [0.05, 0.1) is 30.5 Å². The minimum Gasteiger partial charge on any atom is -0.491 e. The summed E-state index contributed by atoms with van der Waals surface area (Å²) in [6.07, 6.45) is 0.610. The summed E-state index contributed by atoms with van der Waals surface area (Å²) in [5.74, 6) is 0.540. The van der Waals surface area contributed by atoms with Gasteiger partial charge in [-0.2, -0.15) is 5.26 Å². The summed E-state index contributed by atoms with van der Waals surface area (Å²) in [6.45, 7) is 2.67. The molecule has 0 spiro atoms. The monoisotopic (exact) mass is 280 g/mol. The minimum atomic E-state index is -0.0431. The first-order valence-electron chi connectivity index (χ1n) is 6.04. The highest BCUT2D eigenvalue weighted by Crippen LogP contribution is 2.25. The number of aryl methyl sites for hydroxylation is 1. The van der Waals surface area contributed by atoms with Crippen LogP contribution in [0.3, 0.4) is 0 Å². The Labute approximate surface area is 118 Å². The van der Waals surface area contributed by atoms with Crippen LogP contribution in [0.5, 0.6) is 5.75 Å². The number of nitriles is 1. The first kappa shape index (κ1) is 15.3. The fraction of sp³-hybridized carbons (Fsp3) is 0.429. The molecule has 0 saturated heterocycles. The Morgan fingerprint density at radius 2 is 2.26 bits per heavy atom. The zero-order valence-corrected chi connectivity index (χ0v) is 11.9. The molecule has 102 valence electrons. The molecule has 19 heavy (non-hydrogen) atoms. The van der Waals surface area contributed by atoms with Crippen LogP contribution in [-0.2, 0) is 4.79 Å². The molecule has 0 N–H and O–H groups in total. The lowest BCUT2D eigenvalue weighted by Gasteiger charge is -2.15. The van der Waals surface area contributed by atoms with Crippen LogP contribution in [0.1, 0.15) is 18.4 Å². The number of rotatable bonds is 6. The van der Waals surface area contributed by atoms with Crippen LogP contribution in [0.2, 0.25) is 5.02 Å². The Balaban J connectivity index is 2.38. The fourth-order valence-corrected chi connectivity index (χ4v) is 1.79. The van der Waals surface area contributed by atoms with Crippen LogP contribution < -0.4 is 4.74 Å². The lowest BCUT2D eigenvalue weighted by Crippen LogP contribution is -2.28. The Kier molecular flexibility index (Phi) is 6.17. The number of carbonyl (C=O) groups is 1. The maximum Gasteiger partial charge on any atom is 0.225 e. The number of benzene rings is 1. The average molecular weight is 281 g/mol. The number of hydrogen-bond donors (Lipinski definition) is 0. The van der Waals surface area contributed by atoms with Crippen LogP contribution in [0.25, 0.3) is 0 Å². The van der Waals surface area contributed by atoms with Gasteiger partial charge in [-0.05, 0) is 24.6 Å². The van der Waals surface area contributed by atoms with Gasteiger partial charge in [-0.1, -0.05) is 17.7 Å². The van der Waals surface area contributed by atoms with Crippen LogP contribution in [0.4, 0.5) is 0 Å². The van der Waals surface area contributed by atoms with E-state index >= 15 is 0 Å². The first-order chi connectivity index (χ1) is 9.04. The quantitative estimate of drug-likeness (QED) is 0.805. The van der Waals surface area contributed by atoms with Crippen molar-refractivity contribution in [3.05, 3.63) is 28.8 Å². The molecule has 4 nitrogen and oxygen atoms in total. The molecule has 0 radical (unpaired) electrons. The van der Waals surface area contributed by atoms with Crippen LogP contribution in [-0.4, -0.2) is 31.0 Å². The van der Waals surface area contributed by atoms with Crippen molar-refractivity contribution in [2.45, 2.75) is 19.8 Å². The van der Waals surface area contributed by atoms with Crippen molar-refractivity contribution in [3.63, 3.8) is 0 Å². The van der Waals surface area contributed by atoms with E-state index in [1.165, 1.54) is 4.90 Å². The van der Waals surface area contributed by atoms with Crippen molar-refractivity contribution in [1.29, 1.82) is 5.26 Å². The standard InChI is InChI=1S/C14H17ClN2O2/c1-11-4-5-13(12(15)10-11)19-9-6-14(18)17(2)8-3-7-16/h4-5,10H,3,6,8-9H2,1-2H3. The molecule has 0 heterocycles. The van der Waals surface area contributed by atoms with E-state index in [-0.39, 0.29) is 18.9 Å². The summed E-state index contributed by atoms with van der Waals surface area (Å²) in [5, 5.41) is 8.99. The molecule has 1 aromatic rings. The average Bonchev–Trinajstić information content (AvgIpc) is 2.38. The second-order valence-corrected chi connectivity index (χ2v) is 4.66. The number of amides is 1. The van der Waals surface area contributed by atoms with Gasteiger partial charge in [0.15, 0.2) is 0 Å². The molecule has 0 saturated carbocycles. The molecule has 0 aliphatic heterocycles. The third kappa shape index (κ3) is 5.19. The zero-order chi connectivity index (χ0) is 14.3. The SMILES string of the molecule is Cc1ccc(OCCC(=O)N(C)CCC#N)c(Cl)c1. The molecule has 0 bridgehead atoms. The lowest BCUT2D eigenvalue weighted by atomic mass is 10.2. The van der Waals surface area contributed by atoms with Crippen molar-refractivity contribution in [2.24, 2.45) is 0 Å². The van der Waals surface area contributed by atoms with E-state index in [0.717, 1.165) is 5.56 Å². The minimum absolute atomic E-state index is 0.0431. The molecule has 1 amide bonds. The normalized spacial score (nSPS) is 9.79. The number of halogens is 1. The van der Waals surface area contributed by atoms with E-state index in [1.807, 2.05) is 25.1 Å². The highest BCUT2D eigenvalue weighted by atomic mass is 35.5. The molecule has 0 fully saturated rings. The smallest absolute Gasteiger partial charge is 0.225 e. The van der Waals surface area contributed by atoms with Crippen LogP contribution in [0.15, 0.2) is 18.2 Å². The van der Waals surface area contributed by atoms with Crippen molar-refractivity contribution < 1.29 is 9.53 Å². The number of ether oxygens (including phenoxy) is 1. The topological polar surface area (TPSA) is 53.3 Å². The molecule has 0 aliphatic carbocycles. The van der Waals surface area contributed by atoms with Gasteiger partial charge in [-0.3, -0.25) is 4.79 Å². The van der Waals surface area contributed by atoms with E-state index in [0.29, 0.717) is 23.7 Å². The molecule has 0 aromatic heterocycles. The molecular formula is C14H17ClN2O2. The maximum absolute atomic E-state index is 11.7. The predicted octanol–water partition coefficient (Wildman–Crippen LogP) is 2.79. The first-order valence-corrected chi connectivity index (χ1v) is 6.42. The van der Waals surface area contributed by atoms with Gasteiger partial charge in [0, 0.05) is 13.6 Å². The van der Waals surface area contributed by atoms with Gasteiger partial charge in [0.25, 0.3) is 0 Å². The highest BCUT2D eigenvalue weighted by Gasteiger charge is 2.09. The summed E-state index contributed by atoms with van der Waals surface area (Å²) < 4.78 is 5.47. The highest BCUT2D eigenvalue weighted by molar-refractivity contribution is 6.32. The van der Waals surface area contributed by atoms with Gasteiger partial charge >= 0.3 is 0 Å². The fourth-order valence-electron chi connectivity index (χ4n) is 1.50. The third-order valence-corrected chi connectivity index (χ3v) is 2.94. The van der Waals surface area contributed by atoms with Crippen molar-refractivity contribution >= 4 is 17.5 Å². The number of nitrogens with zero attached hydrogens (tertiary/aromatic N) is 2. The number of hydrogen-bond acceptors (Lipinski definition) is 3.